The Kier molecular flexibility index (Phi) is 5.43. The predicted octanol–water partition coefficient (Wildman–Crippen LogP) is 3.46. The van der Waals surface area contributed by atoms with Gasteiger partial charge in [0.05, 0.1) is 5.02 Å². The van der Waals surface area contributed by atoms with Gasteiger partial charge in [-0.3, -0.25) is 4.79 Å². The summed E-state index contributed by atoms with van der Waals surface area (Å²) in [4.78, 5) is 11.6. The van der Waals surface area contributed by atoms with E-state index in [1.807, 2.05) is 0 Å². The van der Waals surface area contributed by atoms with Crippen molar-refractivity contribution in [2.24, 2.45) is 0 Å². The minimum absolute atomic E-state index is 0.113. The van der Waals surface area contributed by atoms with Gasteiger partial charge in [0.25, 0.3) is 5.91 Å². The fraction of sp³-hybridized carbons (Fsp3) is 0.300. The molecule has 0 unspecified atom stereocenters. The van der Waals surface area contributed by atoms with Crippen LogP contribution in [-0.2, 0) is 0 Å². The summed E-state index contributed by atoms with van der Waals surface area (Å²) in [6.45, 7) is 0.586. The number of alkyl halides is 1. The summed E-state index contributed by atoms with van der Waals surface area (Å²) in [6, 6.07) is 5.06. The molecule has 1 aromatic rings. The molecule has 0 fully saturated rings. The number of hydrogen-bond acceptors (Lipinski definition) is 1. The molecule has 1 amide bonds. The van der Waals surface area contributed by atoms with E-state index in [4.69, 9.17) is 23.2 Å². The van der Waals surface area contributed by atoms with Crippen LogP contribution in [0.25, 0.3) is 0 Å². The minimum atomic E-state index is -0.113. The number of amides is 1. The lowest BCUT2D eigenvalue weighted by molar-refractivity contribution is 0.0953. The highest BCUT2D eigenvalue weighted by atomic mass is 79.9. The van der Waals surface area contributed by atoms with Crippen molar-refractivity contribution in [1.29, 1.82) is 0 Å². The summed E-state index contributed by atoms with van der Waals surface area (Å²) in [7, 11) is 0. The summed E-state index contributed by atoms with van der Waals surface area (Å²) in [6.07, 6.45) is 0.766. The molecular formula is C10H10BrCl2NO. The van der Waals surface area contributed by atoms with Crippen molar-refractivity contribution in [1.82, 2.24) is 5.32 Å². The molecule has 1 aromatic carbocycles. The van der Waals surface area contributed by atoms with Gasteiger partial charge in [0, 0.05) is 22.5 Å². The summed E-state index contributed by atoms with van der Waals surface area (Å²) in [5, 5.41) is 3.35. The molecular weight excluding hydrogens is 301 g/mol. The van der Waals surface area contributed by atoms with E-state index in [0.29, 0.717) is 27.5 Å². The van der Waals surface area contributed by atoms with E-state index >= 15 is 0 Å². The monoisotopic (exact) mass is 309 g/mol. The van der Waals surface area contributed by atoms with E-state index in [1.165, 1.54) is 0 Å². The summed E-state index contributed by atoms with van der Waals surface area (Å²) >= 11 is 14.6. The van der Waals surface area contributed by atoms with Gasteiger partial charge in [-0.05, 0) is 40.5 Å². The zero-order chi connectivity index (χ0) is 11.3. The van der Waals surface area contributed by atoms with Crippen LogP contribution in [0.1, 0.15) is 16.8 Å². The molecule has 0 radical (unpaired) electrons. The smallest absolute Gasteiger partial charge is 0.251 e. The van der Waals surface area contributed by atoms with Crippen molar-refractivity contribution in [3.8, 4) is 0 Å². The third-order valence-electron chi connectivity index (χ3n) is 1.78. The molecule has 2 nitrogen and oxygen atoms in total. The van der Waals surface area contributed by atoms with E-state index in [2.05, 4.69) is 21.2 Å². The van der Waals surface area contributed by atoms with Gasteiger partial charge in [-0.2, -0.15) is 0 Å². The zero-order valence-electron chi connectivity index (χ0n) is 7.90. The molecule has 0 spiro atoms. The molecule has 0 saturated carbocycles. The molecule has 1 N–H and O–H groups in total. The Morgan fingerprint density at radius 3 is 2.80 bits per heavy atom. The van der Waals surface area contributed by atoms with Crippen LogP contribution in [0.3, 0.4) is 0 Å². The highest BCUT2D eigenvalue weighted by Crippen LogP contribution is 2.23. The van der Waals surface area contributed by atoms with Crippen molar-refractivity contribution in [3.63, 3.8) is 0 Å². The second-order valence-electron chi connectivity index (χ2n) is 2.93. The Labute approximate surface area is 107 Å². The van der Waals surface area contributed by atoms with E-state index in [-0.39, 0.29) is 5.91 Å². The Balaban J connectivity index is 2.62. The van der Waals surface area contributed by atoms with E-state index in [1.54, 1.807) is 18.2 Å². The van der Waals surface area contributed by atoms with E-state index < -0.39 is 0 Å². The molecule has 0 saturated heterocycles. The lowest BCUT2D eigenvalue weighted by atomic mass is 10.2. The van der Waals surface area contributed by atoms with Crippen LogP contribution >= 0.6 is 39.1 Å². The second-order valence-corrected chi connectivity index (χ2v) is 4.57. The number of halogens is 3. The Bertz CT molecular complexity index is 357. The van der Waals surface area contributed by atoms with Crippen LogP contribution in [0.5, 0.6) is 0 Å². The highest BCUT2D eigenvalue weighted by molar-refractivity contribution is 9.10. The van der Waals surface area contributed by atoms with Crippen molar-refractivity contribution in [2.45, 2.75) is 6.42 Å². The number of carbonyl (C=O) groups is 1. The number of benzene rings is 1. The van der Waals surface area contributed by atoms with Gasteiger partial charge in [0.15, 0.2) is 0 Å². The third kappa shape index (κ3) is 4.01. The molecule has 0 aliphatic heterocycles. The van der Waals surface area contributed by atoms with Crippen molar-refractivity contribution >= 4 is 45.0 Å². The maximum absolute atomic E-state index is 11.6. The standard InChI is InChI=1S/C10H10BrCl2NO/c11-8-6-7(2-3-9(8)13)10(15)14-5-1-4-12/h2-3,6H,1,4-5H2,(H,14,15). The minimum Gasteiger partial charge on any atom is -0.352 e. The molecule has 0 bridgehead atoms. The molecule has 5 heteroatoms. The van der Waals surface area contributed by atoms with Crippen LogP contribution in [-0.4, -0.2) is 18.3 Å². The summed E-state index contributed by atoms with van der Waals surface area (Å²) < 4.78 is 0.717. The molecule has 1 rings (SSSR count). The van der Waals surface area contributed by atoms with Gasteiger partial charge < -0.3 is 5.32 Å². The molecule has 0 aromatic heterocycles. The number of hydrogen-bond donors (Lipinski definition) is 1. The predicted molar refractivity (Wildman–Crippen MR) is 66.8 cm³/mol. The van der Waals surface area contributed by atoms with Gasteiger partial charge in [-0.1, -0.05) is 11.6 Å². The highest BCUT2D eigenvalue weighted by Gasteiger charge is 2.06. The average molecular weight is 311 g/mol. The van der Waals surface area contributed by atoms with Crippen molar-refractivity contribution < 1.29 is 4.79 Å². The number of nitrogens with one attached hydrogen (secondary N) is 1. The topological polar surface area (TPSA) is 29.1 Å². The van der Waals surface area contributed by atoms with E-state index in [0.717, 1.165) is 6.42 Å². The Morgan fingerprint density at radius 1 is 1.47 bits per heavy atom. The molecule has 0 heterocycles. The Morgan fingerprint density at radius 2 is 2.20 bits per heavy atom. The fourth-order valence-electron chi connectivity index (χ4n) is 1.01. The van der Waals surface area contributed by atoms with Gasteiger partial charge in [0.2, 0.25) is 0 Å². The third-order valence-corrected chi connectivity index (χ3v) is 3.26. The second kappa shape index (κ2) is 6.36. The van der Waals surface area contributed by atoms with Crippen LogP contribution in [0, 0.1) is 0 Å². The van der Waals surface area contributed by atoms with E-state index in [9.17, 15) is 4.79 Å². The van der Waals surface area contributed by atoms with Crippen molar-refractivity contribution in [2.75, 3.05) is 12.4 Å². The molecule has 82 valence electrons. The first-order valence-electron chi connectivity index (χ1n) is 4.44. The molecule has 0 aliphatic rings. The quantitative estimate of drug-likeness (QED) is 0.669. The average Bonchev–Trinajstić information content (AvgIpc) is 2.22. The van der Waals surface area contributed by atoms with Gasteiger partial charge in [-0.15, -0.1) is 11.6 Å². The first kappa shape index (κ1) is 12.8. The maximum atomic E-state index is 11.6. The number of carbonyl (C=O) groups excluding carboxylic acids is 1. The van der Waals surface area contributed by atoms with Gasteiger partial charge in [-0.25, -0.2) is 0 Å². The van der Waals surface area contributed by atoms with Crippen LogP contribution in [0.15, 0.2) is 22.7 Å². The van der Waals surface area contributed by atoms with Gasteiger partial charge in [0.1, 0.15) is 0 Å². The van der Waals surface area contributed by atoms with Crippen LogP contribution in [0.2, 0.25) is 5.02 Å². The largest absolute Gasteiger partial charge is 0.352 e. The first-order chi connectivity index (χ1) is 7.15. The van der Waals surface area contributed by atoms with Crippen LogP contribution in [0.4, 0.5) is 0 Å². The molecule has 0 atom stereocenters. The maximum Gasteiger partial charge on any atom is 0.251 e. The number of rotatable bonds is 4. The lowest BCUT2D eigenvalue weighted by Crippen LogP contribution is -2.24. The van der Waals surface area contributed by atoms with Crippen molar-refractivity contribution in [3.05, 3.63) is 33.3 Å². The summed E-state index contributed by atoms with van der Waals surface area (Å²) in [5.41, 5.74) is 0.584. The summed E-state index contributed by atoms with van der Waals surface area (Å²) in [5.74, 6) is 0.433. The zero-order valence-corrected chi connectivity index (χ0v) is 11.0. The SMILES string of the molecule is O=C(NCCCCl)c1ccc(Cl)c(Br)c1. The molecule has 15 heavy (non-hydrogen) atoms. The molecule has 0 aliphatic carbocycles. The fourth-order valence-corrected chi connectivity index (χ4v) is 1.64. The van der Waals surface area contributed by atoms with Gasteiger partial charge >= 0.3 is 0 Å². The normalized spacial score (nSPS) is 10.1. The Hall–Kier alpha value is -0.250. The lowest BCUT2D eigenvalue weighted by Gasteiger charge is -2.04. The van der Waals surface area contributed by atoms with Crippen LogP contribution < -0.4 is 5.32 Å². The first-order valence-corrected chi connectivity index (χ1v) is 6.15.